The first-order chi connectivity index (χ1) is 18.1. The molecule has 0 saturated heterocycles. The number of nitro groups is 1. The average molecular weight is 557 g/mol. The molecule has 1 rings (SSSR count). The molecule has 0 amide bonds. The number of carbonyl (C=O) groups is 2. The van der Waals surface area contributed by atoms with Crippen molar-refractivity contribution in [3.05, 3.63) is 34.4 Å². The Kier molecular flexibility index (Phi) is 15.2. The number of carbonyl (C=O) groups excluding carboxylic acids is 2. The number of non-ortho nitro benzene ring substituents is 1. The Hall–Kier alpha value is -2.45. The lowest BCUT2D eigenvalue weighted by molar-refractivity contribution is -0.384. The Morgan fingerprint density at radius 1 is 0.842 bits per heavy atom. The Balaban J connectivity index is 3.16. The van der Waals surface area contributed by atoms with E-state index in [9.17, 15) is 24.3 Å². The minimum Gasteiger partial charge on any atom is -0.465 e. The van der Waals surface area contributed by atoms with E-state index in [1.54, 1.807) is 13.8 Å². The quantitative estimate of drug-likeness (QED) is 0.0874. The lowest BCUT2D eigenvalue weighted by atomic mass is 10.1. The molecule has 0 saturated carbocycles. The number of hydrogen-bond acceptors (Lipinski definition) is 8. The maximum Gasteiger partial charge on any atom is 0.323 e. The van der Waals surface area contributed by atoms with Crippen molar-refractivity contribution in [3.63, 3.8) is 0 Å². The van der Waals surface area contributed by atoms with Crippen LogP contribution in [-0.2, 0) is 23.6 Å². The SMILES string of the molecule is CCC(CC)COC(=O)[C@H](CC)CP(=O)(N[C@@H](CC)C(=O)OCC(CC)CC)Oc1ccc([N+](=O)[O-])cc1. The van der Waals surface area contributed by atoms with Gasteiger partial charge in [0.25, 0.3) is 5.69 Å². The van der Waals surface area contributed by atoms with Gasteiger partial charge in [-0.15, -0.1) is 0 Å². The fourth-order valence-electron chi connectivity index (χ4n) is 3.79. The molecular weight excluding hydrogens is 511 g/mol. The zero-order chi connectivity index (χ0) is 28.7. The van der Waals surface area contributed by atoms with Crippen LogP contribution < -0.4 is 9.61 Å². The van der Waals surface area contributed by atoms with Gasteiger partial charge in [0.2, 0.25) is 0 Å². The van der Waals surface area contributed by atoms with E-state index in [0.717, 1.165) is 25.7 Å². The summed E-state index contributed by atoms with van der Waals surface area (Å²) in [5, 5.41) is 13.9. The number of benzene rings is 1. The van der Waals surface area contributed by atoms with Gasteiger partial charge < -0.3 is 14.0 Å². The molecule has 1 N–H and O–H groups in total. The second kappa shape index (κ2) is 17.2. The van der Waals surface area contributed by atoms with Crippen molar-refractivity contribution in [2.45, 2.75) is 86.1 Å². The topological polar surface area (TPSA) is 134 Å². The van der Waals surface area contributed by atoms with Gasteiger partial charge in [-0.1, -0.05) is 67.2 Å². The fraction of sp³-hybridized carbons (Fsp3) is 0.704. The Morgan fingerprint density at radius 3 is 1.76 bits per heavy atom. The number of rotatable bonds is 19. The van der Waals surface area contributed by atoms with Gasteiger partial charge in [-0.2, -0.15) is 0 Å². The van der Waals surface area contributed by atoms with Crippen molar-refractivity contribution in [3.8, 4) is 5.75 Å². The zero-order valence-corrected chi connectivity index (χ0v) is 24.5. The highest BCUT2D eigenvalue weighted by Gasteiger charge is 2.37. The Morgan fingerprint density at radius 2 is 1.34 bits per heavy atom. The van der Waals surface area contributed by atoms with E-state index in [1.807, 2.05) is 27.7 Å². The molecule has 216 valence electrons. The molecule has 0 aliphatic rings. The van der Waals surface area contributed by atoms with E-state index in [4.69, 9.17) is 14.0 Å². The van der Waals surface area contributed by atoms with Gasteiger partial charge >= 0.3 is 19.5 Å². The van der Waals surface area contributed by atoms with Crippen LogP contribution in [0.25, 0.3) is 0 Å². The molecule has 11 heteroatoms. The van der Waals surface area contributed by atoms with Crippen LogP contribution in [0.5, 0.6) is 5.75 Å². The van der Waals surface area contributed by atoms with Crippen molar-refractivity contribution in [1.29, 1.82) is 0 Å². The first-order valence-electron chi connectivity index (χ1n) is 13.7. The summed E-state index contributed by atoms with van der Waals surface area (Å²) in [4.78, 5) is 36.2. The number of esters is 2. The third-order valence-corrected chi connectivity index (χ3v) is 9.00. The standard InChI is InChI=1S/C27H45N2O8P/c1-7-20(8-2)17-35-26(30)22(11-5)19-38(34,37-24-15-13-23(14-16-24)29(32)33)28-25(12-6)27(31)36-18-21(9-3)10-4/h13-16,20-22,25H,7-12,17-19H2,1-6H3,(H,28,34)/t22-,25+,38?/m1/s1. The monoisotopic (exact) mass is 556 g/mol. The lowest BCUT2D eigenvalue weighted by Gasteiger charge is -2.27. The summed E-state index contributed by atoms with van der Waals surface area (Å²) in [6.07, 6.45) is 3.92. The third-order valence-electron chi connectivity index (χ3n) is 6.86. The summed E-state index contributed by atoms with van der Waals surface area (Å²) in [6.45, 7) is 12.2. The highest BCUT2D eigenvalue weighted by molar-refractivity contribution is 7.57. The molecule has 1 unspecified atom stereocenters. The first-order valence-corrected chi connectivity index (χ1v) is 15.5. The van der Waals surface area contributed by atoms with Gasteiger partial charge in [0.05, 0.1) is 30.2 Å². The summed E-state index contributed by atoms with van der Waals surface area (Å²) < 4.78 is 31.0. The van der Waals surface area contributed by atoms with Crippen LogP contribution in [0.2, 0.25) is 0 Å². The van der Waals surface area contributed by atoms with Crippen LogP contribution >= 0.6 is 7.52 Å². The molecule has 38 heavy (non-hydrogen) atoms. The second-order valence-electron chi connectivity index (χ2n) is 9.52. The molecule has 0 spiro atoms. The molecule has 0 fully saturated rings. The highest BCUT2D eigenvalue weighted by Crippen LogP contribution is 2.46. The molecule has 0 heterocycles. The van der Waals surface area contributed by atoms with E-state index in [-0.39, 0.29) is 49.1 Å². The molecule has 1 aromatic rings. The lowest BCUT2D eigenvalue weighted by Crippen LogP contribution is -2.39. The van der Waals surface area contributed by atoms with Crippen LogP contribution in [0, 0.1) is 27.9 Å². The van der Waals surface area contributed by atoms with E-state index >= 15 is 0 Å². The summed E-state index contributed by atoms with van der Waals surface area (Å²) in [5.41, 5.74) is -0.145. The molecule has 0 aromatic heterocycles. The maximum absolute atomic E-state index is 14.2. The molecular formula is C27H45N2O8P. The van der Waals surface area contributed by atoms with Crippen LogP contribution in [0.3, 0.4) is 0 Å². The second-order valence-corrected chi connectivity index (χ2v) is 11.7. The predicted octanol–water partition coefficient (Wildman–Crippen LogP) is 6.52. The number of nitro benzene ring substituents is 1. The summed E-state index contributed by atoms with van der Waals surface area (Å²) in [7, 11) is -3.88. The molecule has 3 atom stereocenters. The molecule has 0 aliphatic carbocycles. The molecule has 1 aromatic carbocycles. The maximum atomic E-state index is 14.2. The van der Waals surface area contributed by atoms with Crippen molar-refractivity contribution in [1.82, 2.24) is 5.09 Å². The van der Waals surface area contributed by atoms with Crippen molar-refractivity contribution >= 4 is 25.1 Å². The smallest absolute Gasteiger partial charge is 0.323 e. The summed E-state index contributed by atoms with van der Waals surface area (Å²) >= 11 is 0. The number of nitrogens with zero attached hydrogens (tertiary/aromatic N) is 1. The predicted molar refractivity (Wildman–Crippen MR) is 147 cm³/mol. The van der Waals surface area contributed by atoms with Crippen molar-refractivity contribution in [2.75, 3.05) is 19.4 Å². The van der Waals surface area contributed by atoms with Crippen LogP contribution in [-0.4, -0.2) is 42.3 Å². The molecule has 10 nitrogen and oxygen atoms in total. The minimum atomic E-state index is -3.88. The van der Waals surface area contributed by atoms with E-state index in [0.29, 0.717) is 6.42 Å². The Bertz CT molecular complexity index is 874. The van der Waals surface area contributed by atoms with Crippen molar-refractivity contribution in [2.24, 2.45) is 17.8 Å². The van der Waals surface area contributed by atoms with Gasteiger partial charge in [-0.3, -0.25) is 24.3 Å². The molecule has 0 bridgehead atoms. The Labute approximate surface area is 226 Å². The van der Waals surface area contributed by atoms with Crippen LogP contribution in [0.4, 0.5) is 5.69 Å². The zero-order valence-electron chi connectivity index (χ0n) is 23.6. The van der Waals surface area contributed by atoms with Gasteiger partial charge in [0, 0.05) is 12.1 Å². The number of nitrogens with one attached hydrogen (secondary N) is 1. The number of ether oxygens (including phenoxy) is 2. The van der Waals surface area contributed by atoms with Crippen molar-refractivity contribution < 1.29 is 33.1 Å². The van der Waals surface area contributed by atoms with Crippen LogP contribution in [0.15, 0.2) is 24.3 Å². The molecule has 0 radical (unpaired) electrons. The average Bonchev–Trinajstić information content (AvgIpc) is 2.91. The normalized spacial score (nSPS) is 14.5. The summed E-state index contributed by atoms with van der Waals surface area (Å²) in [5.74, 6) is -1.17. The largest absolute Gasteiger partial charge is 0.465 e. The van der Waals surface area contributed by atoms with E-state index in [1.165, 1.54) is 24.3 Å². The molecule has 0 aliphatic heterocycles. The van der Waals surface area contributed by atoms with E-state index < -0.39 is 36.3 Å². The van der Waals surface area contributed by atoms with Gasteiger partial charge in [-0.05, 0) is 36.8 Å². The van der Waals surface area contributed by atoms with Gasteiger partial charge in [-0.25, -0.2) is 5.09 Å². The van der Waals surface area contributed by atoms with Gasteiger partial charge in [0.15, 0.2) is 0 Å². The van der Waals surface area contributed by atoms with Crippen LogP contribution in [0.1, 0.15) is 80.1 Å². The third kappa shape index (κ3) is 11.1. The fourth-order valence-corrected chi connectivity index (χ4v) is 6.24. The highest BCUT2D eigenvalue weighted by atomic mass is 31.2. The number of hydrogen-bond donors (Lipinski definition) is 1. The van der Waals surface area contributed by atoms with Gasteiger partial charge in [0.1, 0.15) is 11.8 Å². The minimum absolute atomic E-state index is 0.118. The first kappa shape index (κ1) is 33.6. The van der Waals surface area contributed by atoms with E-state index in [2.05, 4.69) is 5.09 Å². The summed E-state index contributed by atoms with van der Waals surface area (Å²) in [6, 6.07) is 4.23.